The van der Waals surface area contributed by atoms with Crippen molar-refractivity contribution in [3.63, 3.8) is 0 Å². The molecule has 25 heavy (non-hydrogen) atoms. The van der Waals surface area contributed by atoms with Crippen LogP contribution in [0.1, 0.15) is 34.8 Å². The normalized spacial score (nSPS) is 17.7. The summed E-state index contributed by atoms with van der Waals surface area (Å²) < 4.78 is 15.9. The fourth-order valence-corrected chi connectivity index (χ4v) is 2.61. The molecule has 0 aliphatic carbocycles. The highest BCUT2D eigenvalue weighted by molar-refractivity contribution is 5.93. The fraction of sp³-hybridized carbons (Fsp3) is 0.562. The molecule has 1 amide bonds. The SMILES string of the molecule is CCc1ncc(C(=O)N2CCOC(Cc3nc(COC)no3)C2)cn1. The lowest BCUT2D eigenvalue weighted by atomic mass is 10.2. The van der Waals surface area contributed by atoms with Crippen molar-refractivity contribution in [3.8, 4) is 0 Å². The van der Waals surface area contributed by atoms with Gasteiger partial charge in [0, 0.05) is 39.0 Å². The summed E-state index contributed by atoms with van der Waals surface area (Å²) in [4.78, 5) is 27.0. The lowest BCUT2D eigenvalue weighted by Crippen LogP contribution is -2.46. The molecule has 2 aromatic heterocycles. The van der Waals surface area contributed by atoms with E-state index in [-0.39, 0.29) is 12.0 Å². The third-order valence-electron chi connectivity index (χ3n) is 3.88. The summed E-state index contributed by atoms with van der Waals surface area (Å²) in [5.41, 5.74) is 0.484. The number of carbonyl (C=O) groups is 1. The zero-order chi connectivity index (χ0) is 17.6. The molecule has 0 radical (unpaired) electrons. The molecule has 0 aromatic carbocycles. The van der Waals surface area contributed by atoms with Crippen molar-refractivity contribution in [3.05, 3.63) is 35.5 Å². The summed E-state index contributed by atoms with van der Waals surface area (Å²) in [5, 5.41) is 3.83. The van der Waals surface area contributed by atoms with Crippen molar-refractivity contribution >= 4 is 5.91 Å². The molecule has 1 aliphatic heterocycles. The van der Waals surface area contributed by atoms with Gasteiger partial charge in [0.15, 0.2) is 5.82 Å². The number of carbonyl (C=O) groups excluding carboxylic acids is 1. The molecule has 9 heteroatoms. The number of morpholine rings is 1. The number of rotatable bonds is 6. The molecular weight excluding hydrogens is 326 g/mol. The first kappa shape index (κ1) is 17.4. The molecule has 0 spiro atoms. The minimum Gasteiger partial charge on any atom is -0.377 e. The summed E-state index contributed by atoms with van der Waals surface area (Å²) in [7, 11) is 1.57. The molecule has 3 rings (SSSR count). The van der Waals surface area contributed by atoms with E-state index in [1.807, 2.05) is 6.92 Å². The van der Waals surface area contributed by atoms with E-state index in [1.165, 1.54) is 0 Å². The Hall–Kier alpha value is -2.39. The van der Waals surface area contributed by atoms with Gasteiger partial charge in [0.25, 0.3) is 5.91 Å². The zero-order valence-electron chi connectivity index (χ0n) is 14.3. The van der Waals surface area contributed by atoms with Crippen LogP contribution in [0.5, 0.6) is 0 Å². The van der Waals surface area contributed by atoms with E-state index in [4.69, 9.17) is 14.0 Å². The van der Waals surface area contributed by atoms with E-state index in [0.29, 0.717) is 50.0 Å². The summed E-state index contributed by atoms with van der Waals surface area (Å²) in [6, 6.07) is 0. The van der Waals surface area contributed by atoms with Gasteiger partial charge in [-0.2, -0.15) is 4.98 Å². The van der Waals surface area contributed by atoms with Crippen LogP contribution in [0.3, 0.4) is 0 Å². The van der Waals surface area contributed by atoms with Crippen LogP contribution in [0.15, 0.2) is 16.9 Å². The Balaban J connectivity index is 1.60. The summed E-state index contributed by atoms with van der Waals surface area (Å²) in [6.45, 7) is 3.72. The van der Waals surface area contributed by atoms with Gasteiger partial charge in [0.05, 0.1) is 24.7 Å². The maximum atomic E-state index is 12.6. The molecule has 2 aromatic rings. The zero-order valence-corrected chi connectivity index (χ0v) is 14.3. The van der Waals surface area contributed by atoms with Crippen LogP contribution < -0.4 is 0 Å². The van der Waals surface area contributed by atoms with Gasteiger partial charge in [-0.15, -0.1) is 0 Å². The Bertz CT molecular complexity index is 703. The highest BCUT2D eigenvalue weighted by atomic mass is 16.5. The summed E-state index contributed by atoms with van der Waals surface area (Å²) in [5.74, 6) is 1.60. The predicted molar refractivity (Wildman–Crippen MR) is 85.8 cm³/mol. The van der Waals surface area contributed by atoms with Crippen LogP contribution in [-0.4, -0.2) is 63.8 Å². The minimum atomic E-state index is -0.190. The van der Waals surface area contributed by atoms with Gasteiger partial charge in [0.2, 0.25) is 5.89 Å². The number of hydrogen-bond donors (Lipinski definition) is 0. The van der Waals surface area contributed by atoms with Gasteiger partial charge in [0.1, 0.15) is 12.4 Å². The molecule has 134 valence electrons. The molecule has 0 N–H and O–H groups in total. The quantitative estimate of drug-likeness (QED) is 0.750. The fourth-order valence-electron chi connectivity index (χ4n) is 2.61. The van der Waals surface area contributed by atoms with Crippen LogP contribution in [-0.2, 0) is 28.9 Å². The van der Waals surface area contributed by atoms with Gasteiger partial charge in [-0.1, -0.05) is 12.1 Å². The largest absolute Gasteiger partial charge is 0.377 e. The van der Waals surface area contributed by atoms with Crippen molar-refractivity contribution in [2.24, 2.45) is 0 Å². The highest BCUT2D eigenvalue weighted by Gasteiger charge is 2.27. The lowest BCUT2D eigenvalue weighted by molar-refractivity contribution is -0.0237. The number of nitrogens with zero attached hydrogens (tertiary/aromatic N) is 5. The van der Waals surface area contributed by atoms with E-state index >= 15 is 0 Å². The Labute approximate surface area is 145 Å². The second-order valence-corrected chi connectivity index (χ2v) is 5.73. The molecule has 1 aliphatic rings. The first-order valence-corrected chi connectivity index (χ1v) is 8.21. The number of methoxy groups -OCH3 is 1. The first-order chi connectivity index (χ1) is 12.2. The molecule has 1 atom stereocenters. The van der Waals surface area contributed by atoms with E-state index in [0.717, 1.165) is 12.2 Å². The Morgan fingerprint density at radius 1 is 1.36 bits per heavy atom. The molecule has 3 heterocycles. The first-order valence-electron chi connectivity index (χ1n) is 8.21. The molecule has 1 fully saturated rings. The molecular formula is C16H21N5O4. The molecule has 0 saturated carbocycles. The van der Waals surface area contributed by atoms with E-state index in [9.17, 15) is 4.79 Å². The highest BCUT2D eigenvalue weighted by Crippen LogP contribution is 2.13. The van der Waals surface area contributed by atoms with E-state index < -0.39 is 0 Å². The Kier molecular flexibility index (Phi) is 5.67. The van der Waals surface area contributed by atoms with Crippen molar-refractivity contribution in [1.29, 1.82) is 0 Å². The average molecular weight is 347 g/mol. The predicted octanol–water partition coefficient (Wildman–Crippen LogP) is 0.652. The van der Waals surface area contributed by atoms with Gasteiger partial charge < -0.3 is 18.9 Å². The smallest absolute Gasteiger partial charge is 0.257 e. The van der Waals surface area contributed by atoms with Crippen LogP contribution >= 0.6 is 0 Å². The van der Waals surface area contributed by atoms with Gasteiger partial charge >= 0.3 is 0 Å². The second kappa shape index (κ2) is 8.13. The number of amides is 1. The lowest BCUT2D eigenvalue weighted by Gasteiger charge is -2.32. The average Bonchev–Trinajstić information content (AvgIpc) is 3.09. The summed E-state index contributed by atoms with van der Waals surface area (Å²) in [6.07, 6.45) is 4.15. The number of ether oxygens (including phenoxy) is 2. The molecule has 1 unspecified atom stereocenters. The number of hydrogen-bond acceptors (Lipinski definition) is 8. The van der Waals surface area contributed by atoms with Crippen LogP contribution in [0.2, 0.25) is 0 Å². The second-order valence-electron chi connectivity index (χ2n) is 5.73. The molecule has 1 saturated heterocycles. The molecule has 0 bridgehead atoms. The van der Waals surface area contributed by atoms with E-state index in [2.05, 4.69) is 20.1 Å². The van der Waals surface area contributed by atoms with Gasteiger partial charge in [-0.05, 0) is 0 Å². The Morgan fingerprint density at radius 2 is 2.16 bits per heavy atom. The Morgan fingerprint density at radius 3 is 2.88 bits per heavy atom. The van der Waals surface area contributed by atoms with Crippen molar-refractivity contribution in [2.75, 3.05) is 26.8 Å². The van der Waals surface area contributed by atoms with Crippen LogP contribution in [0.25, 0.3) is 0 Å². The van der Waals surface area contributed by atoms with Crippen molar-refractivity contribution in [1.82, 2.24) is 25.0 Å². The van der Waals surface area contributed by atoms with Crippen LogP contribution in [0.4, 0.5) is 0 Å². The van der Waals surface area contributed by atoms with Gasteiger partial charge in [-0.3, -0.25) is 4.79 Å². The van der Waals surface area contributed by atoms with Crippen molar-refractivity contribution < 1.29 is 18.8 Å². The third kappa shape index (κ3) is 4.37. The standard InChI is InChI=1S/C16H21N5O4/c1-3-13-17-7-11(8-18-13)16(22)21-4-5-24-12(9-21)6-15-19-14(10-23-2)20-25-15/h7-8,12H,3-6,9-10H2,1-2H3. The number of aromatic nitrogens is 4. The third-order valence-corrected chi connectivity index (χ3v) is 3.88. The van der Waals surface area contributed by atoms with Crippen molar-refractivity contribution in [2.45, 2.75) is 32.5 Å². The van der Waals surface area contributed by atoms with Crippen LogP contribution in [0, 0.1) is 0 Å². The maximum absolute atomic E-state index is 12.6. The monoisotopic (exact) mass is 347 g/mol. The number of aryl methyl sites for hydroxylation is 1. The topological polar surface area (TPSA) is 103 Å². The van der Waals surface area contributed by atoms with E-state index in [1.54, 1.807) is 24.4 Å². The van der Waals surface area contributed by atoms with Gasteiger partial charge in [-0.25, -0.2) is 9.97 Å². The minimum absolute atomic E-state index is 0.0958. The molecule has 9 nitrogen and oxygen atoms in total. The summed E-state index contributed by atoms with van der Waals surface area (Å²) >= 11 is 0. The maximum Gasteiger partial charge on any atom is 0.257 e.